The first-order chi connectivity index (χ1) is 10.7. The number of nitrogens with one attached hydrogen (secondary N) is 1. The third-order valence-corrected chi connectivity index (χ3v) is 3.47. The molecule has 0 aliphatic carbocycles. The molecule has 0 saturated carbocycles. The molecule has 0 fully saturated rings. The molecule has 126 valence electrons. The third kappa shape index (κ3) is 4.95. The molecule has 4 heteroatoms. The number of ether oxygens (including phenoxy) is 1. The van der Waals surface area contributed by atoms with Gasteiger partial charge in [-0.3, -0.25) is 4.79 Å². The zero-order valence-electron chi connectivity index (χ0n) is 15.3. The molecule has 0 aliphatic rings. The normalized spacial score (nSPS) is 13.0. The summed E-state index contributed by atoms with van der Waals surface area (Å²) in [5.41, 5.74) is 2.22. The third-order valence-electron chi connectivity index (χ3n) is 3.47. The van der Waals surface area contributed by atoms with Crippen LogP contribution in [0.2, 0.25) is 0 Å². The minimum Gasteiger partial charge on any atom is -0.438 e. The van der Waals surface area contributed by atoms with E-state index < -0.39 is 0 Å². The van der Waals surface area contributed by atoms with Gasteiger partial charge >= 0.3 is 0 Å². The Morgan fingerprint density at radius 3 is 2.48 bits per heavy atom. The number of aromatic nitrogens is 1. The van der Waals surface area contributed by atoms with E-state index in [0.717, 1.165) is 23.4 Å². The van der Waals surface area contributed by atoms with Crippen LogP contribution in [0.3, 0.4) is 0 Å². The second-order valence-electron chi connectivity index (χ2n) is 6.43. The SMILES string of the molecule is C/C=C(Oc1nc(C(C)(C)C)ccc1C(=O)NC)/C(C)=C\CC. The van der Waals surface area contributed by atoms with E-state index in [2.05, 4.69) is 44.1 Å². The van der Waals surface area contributed by atoms with Gasteiger partial charge in [0.05, 0.1) is 0 Å². The monoisotopic (exact) mass is 316 g/mol. The summed E-state index contributed by atoms with van der Waals surface area (Å²) in [5, 5.41) is 2.63. The maximum Gasteiger partial charge on any atom is 0.256 e. The molecule has 1 heterocycles. The molecule has 1 N–H and O–H groups in total. The minimum atomic E-state index is -0.208. The number of carbonyl (C=O) groups excluding carboxylic acids is 1. The van der Waals surface area contributed by atoms with Crippen LogP contribution in [0.4, 0.5) is 0 Å². The van der Waals surface area contributed by atoms with Crippen molar-refractivity contribution >= 4 is 5.91 Å². The molecule has 0 atom stereocenters. The lowest BCUT2D eigenvalue weighted by Gasteiger charge is -2.20. The van der Waals surface area contributed by atoms with Gasteiger partial charge in [-0.25, -0.2) is 4.98 Å². The van der Waals surface area contributed by atoms with Crippen molar-refractivity contribution in [1.82, 2.24) is 10.3 Å². The molecule has 1 aromatic heterocycles. The average molecular weight is 316 g/mol. The van der Waals surface area contributed by atoms with Crippen LogP contribution in [-0.4, -0.2) is 17.9 Å². The van der Waals surface area contributed by atoms with Crippen molar-refractivity contribution in [2.24, 2.45) is 0 Å². The van der Waals surface area contributed by atoms with E-state index in [0.29, 0.717) is 11.4 Å². The minimum absolute atomic E-state index is 0.121. The molecule has 0 saturated heterocycles. The number of pyridine rings is 1. The smallest absolute Gasteiger partial charge is 0.256 e. The number of amides is 1. The van der Waals surface area contributed by atoms with E-state index in [-0.39, 0.29) is 11.3 Å². The molecular weight excluding hydrogens is 288 g/mol. The van der Waals surface area contributed by atoms with Gasteiger partial charge in [0.1, 0.15) is 11.3 Å². The first-order valence-corrected chi connectivity index (χ1v) is 7.99. The number of carbonyl (C=O) groups is 1. The van der Waals surface area contributed by atoms with Gasteiger partial charge in [0.15, 0.2) is 0 Å². The standard InChI is InChI=1S/C19H28N2O2/c1-8-10-13(3)15(9-2)23-18-14(17(22)20-7)11-12-16(21-18)19(4,5)6/h9-12H,8H2,1-7H3,(H,20,22)/b13-10-,15-9-. The number of hydrogen-bond acceptors (Lipinski definition) is 3. The fourth-order valence-electron chi connectivity index (χ4n) is 2.12. The van der Waals surface area contributed by atoms with Gasteiger partial charge in [-0.15, -0.1) is 0 Å². The van der Waals surface area contributed by atoms with Crippen LogP contribution in [-0.2, 0) is 5.41 Å². The highest BCUT2D eigenvalue weighted by atomic mass is 16.5. The lowest BCUT2D eigenvalue weighted by molar-refractivity contribution is 0.0959. The summed E-state index contributed by atoms with van der Waals surface area (Å²) in [4.78, 5) is 16.7. The summed E-state index contributed by atoms with van der Waals surface area (Å²) < 4.78 is 5.99. The van der Waals surface area contributed by atoms with Crippen LogP contribution in [0.5, 0.6) is 5.88 Å². The van der Waals surface area contributed by atoms with E-state index >= 15 is 0 Å². The Morgan fingerprint density at radius 1 is 1.35 bits per heavy atom. The Balaban J connectivity index is 3.35. The van der Waals surface area contributed by atoms with Crippen LogP contribution in [0, 0.1) is 0 Å². The Hall–Kier alpha value is -2.10. The summed E-state index contributed by atoms with van der Waals surface area (Å²) in [6, 6.07) is 3.65. The highest BCUT2D eigenvalue weighted by Crippen LogP contribution is 2.27. The number of allylic oxidation sites excluding steroid dienone is 3. The second kappa shape index (κ2) is 7.95. The lowest BCUT2D eigenvalue weighted by Crippen LogP contribution is -2.21. The van der Waals surface area contributed by atoms with Crippen molar-refractivity contribution in [3.05, 3.63) is 46.9 Å². The van der Waals surface area contributed by atoms with Gasteiger partial charge in [0.2, 0.25) is 5.88 Å². The quantitative estimate of drug-likeness (QED) is 0.648. The predicted molar refractivity (Wildman–Crippen MR) is 94.8 cm³/mol. The molecule has 1 aromatic rings. The van der Waals surface area contributed by atoms with Gasteiger partial charge in [-0.2, -0.15) is 0 Å². The molecule has 1 amide bonds. The van der Waals surface area contributed by atoms with E-state index in [1.165, 1.54) is 0 Å². The van der Waals surface area contributed by atoms with Gasteiger partial charge in [-0.1, -0.05) is 33.8 Å². The zero-order chi connectivity index (χ0) is 17.6. The van der Waals surface area contributed by atoms with E-state index in [4.69, 9.17) is 4.74 Å². The molecule has 0 aliphatic heterocycles. The van der Waals surface area contributed by atoms with Crippen LogP contribution in [0.15, 0.2) is 35.6 Å². The van der Waals surface area contributed by atoms with Crippen LogP contribution in [0.1, 0.15) is 64.0 Å². The van der Waals surface area contributed by atoms with Crippen molar-refractivity contribution in [3.63, 3.8) is 0 Å². The fraction of sp³-hybridized carbons (Fsp3) is 0.474. The molecule has 23 heavy (non-hydrogen) atoms. The summed E-state index contributed by atoms with van der Waals surface area (Å²) >= 11 is 0. The Kier molecular flexibility index (Phi) is 6.55. The number of rotatable bonds is 5. The van der Waals surface area contributed by atoms with E-state index in [1.54, 1.807) is 13.1 Å². The summed E-state index contributed by atoms with van der Waals surface area (Å²) in [6.45, 7) is 12.2. The Labute approximate surface area is 139 Å². The highest BCUT2D eigenvalue weighted by molar-refractivity contribution is 5.96. The molecule has 0 bridgehead atoms. The molecular formula is C19H28N2O2. The molecule has 1 rings (SSSR count). The van der Waals surface area contributed by atoms with Crippen molar-refractivity contribution < 1.29 is 9.53 Å². The maximum atomic E-state index is 12.1. The first-order valence-electron chi connectivity index (χ1n) is 7.99. The van der Waals surface area contributed by atoms with Gasteiger partial charge in [0, 0.05) is 18.2 Å². The topological polar surface area (TPSA) is 51.2 Å². The van der Waals surface area contributed by atoms with Crippen LogP contribution >= 0.6 is 0 Å². The Bertz CT molecular complexity index is 623. The molecule has 0 aromatic carbocycles. The van der Waals surface area contributed by atoms with Gasteiger partial charge < -0.3 is 10.1 Å². The van der Waals surface area contributed by atoms with E-state index in [1.807, 2.05) is 26.0 Å². The molecule has 0 spiro atoms. The van der Waals surface area contributed by atoms with Crippen molar-refractivity contribution in [1.29, 1.82) is 0 Å². The zero-order valence-corrected chi connectivity index (χ0v) is 15.3. The van der Waals surface area contributed by atoms with Crippen LogP contribution < -0.4 is 10.1 Å². The van der Waals surface area contributed by atoms with Crippen molar-refractivity contribution in [2.75, 3.05) is 7.05 Å². The second-order valence-corrected chi connectivity index (χ2v) is 6.43. The van der Waals surface area contributed by atoms with Crippen LogP contribution in [0.25, 0.3) is 0 Å². The van der Waals surface area contributed by atoms with Gasteiger partial charge in [-0.05, 0) is 44.1 Å². The largest absolute Gasteiger partial charge is 0.438 e. The van der Waals surface area contributed by atoms with Crippen molar-refractivity contribution in [2.45, 2.75) is 53.4 Å². The lowest BCUT2D eigenvalue weighted by atomic mass is 9.91. The summed E-state index contributed by atoms with van der Waals surface area (Å²) in [7, 11) is 1.60. The number of hydrogen-bond donors (Lipinski definition) is 1. The number of nitrogens with zero attached hydrogens (tertiary/aromatic N) is 1. The van der Waals surface area contributed by atoms with Gasteiger partial charge in [0.25, 0.3) is 5.91 Å². The maximum absolute atomic E-state index is 12.1. The molecule has 0 unspecified atom stereocenters. The average Bonchev–Trinajstić information content (AvgIpc) is 2.50. The van der Waals surface area contributed by atoms with Crippen molar-refractivity contribution in [3.8, 4) is 5.88 Å². The highest BCUT2D eigenvalue weighted by Gasteiger charge is 2.21. The summed E-state index contributed by atoms with van der Waals surface area (Å²) in [6.07, 6.45) is 4.90. The van der Waals surface area contributed by atoms with E-state index in [9.17, 15) is 4.79 Å². The Morgan fingerprint density at radius 2 is 2.00 bits per heavy atom. The predicted octanol–water partition coefficient (Wildman–Crippen LogP) is 4.38. The summed E-state index contributed by atoms with van der Waals surface area (Å²) in [5.74, 6) is 0.852. The fourth-order valence-corrected chi connectivity index (χ4v) is 2.12. The first kappa shape index (κ1) is 18.9. The molecule has 4 nitrogen and oxygen atoms in total. The molecule has 0 radical (unpaired) electrons.